The van der Waals surface area contributed by atoms with Crippen LogP contribution in [0, 0.1) is 5.92 Å². The molecule has 2 rings (SSSR count). The Bertz CT molecular complexity index is 483. The summed E-state index contributed by atoms with van der Waals surface area (Å²) in [4.78, 5) is 1.98. The summed E-state index contributed by atoms with van der Waals surface area (Å²) in [6.45, 7) is 7.96. The van der Waals surface area contributed by atoms with Gasteiger partial charge in [-0.05, 0) is 30.2 Å². The number of nitrogens with one attached hydrogen (secondary N) is 1. The molecule has 1 aliphatic heterocycles. The first-order valence-electron chi connectivity index (χ1n) is 7.61. The van der Waals surface area contributed by atoms with Crippen molar-refractivity contribution in [1.82, 2.24) is 5.32 Å². The SMILES string of the molecule is CC(C)CNCc1ccc(C(F)(F)F)cc1N1CCOCC1. The third kappa shape index (κ3) is 4.61. The van der Waals surface area contributed by atoms with Crippen LogP contribution in [-0.4, -0.2) is 32.8 Å². The maximum atomic E-state index is 13.0. The maximum absolute atomic E-state index is 13.0. The van der Waals surface area contributed by atoms with E-state index in [4.69, 9.17) is 4.74 Å². The van der Waals surface area contributed by atoms with Crippen LogP contribution in [0.15, 0.2) is 18.2 Å². The van der Waals surface area contributed by atoms with Gasteiger partial charge in [-0.2, -0.15) is 13.2 Å². The van der Waals surface area contributed by atoms with Gasteiger partial charge in [0.05, 0.1) is 18.8 Å². The third-order valence-electron chi connectivity index (χ3n) is 3.63. The zero-order valence-electron chi connectivity index (χ0n) is 13.0. The van der Waals surface area contributed by atoms with Crippen LogP contribution < -0.4 is 10.2 Å². The van der Waals surface area contributed by atoms with Gasteiger partial charge in [0.1, 0.15) is 0 Å². The first kappa shape index (κ1) is 17.1. The van der Waals surface area contributed by atoms with Gasteiger partial charge in [-0.15, -0.1) is 0 Å². The van der Waals surface area contributed by atoms with Gasteiger partial charge in [-0.25, -0.2) is 0 Å². The molecule has 0 atom stereocenters. The fourth-order valence-corrected chi connectivity index (χ4v) is 2.48. The topological polar surface area (TPSA) is 24.5 Å². The molecule has 0 aromatic heterocycles. The number of hydrogen-bond donors (Lipinski definition) is 1. The number of nitrogens with zero attached hydrogens (tertiary/aromatic N) is 1. The van der Waals surface area contributed by atoms with Gasteiger partial charge in [-0.1, -0.05) is 19.9 Å². The number of hydrogen-bond acceptors (Lipinski definition) is 3. The largest absolute Gasteiger partial charge is 0.416 e. The molecule has 0 unspecified atom stereocenters. The minimum atomic E-state index is -4.31. The molecule has 0 amide bonds. The van der Waals surface area contributed by atoms with E-state index in [0.29, 0.717) is 44.5 Å². The molecular formula is C16H23F3N2O. The number of ether oxygens (including phenoxy) is 1. The number of morpholine rings is 1. The zero-order valence-corrected chi connectivity index (χ0v) is 13.0. The van der Waals surface area contributed by atoms with E-state index >= 15 is 0 Å². The van der Waals surface area contributed by atoms with Crippen LogP contribution in [-0.2, 0) is 17.5 Å². The van der Waals surface area contributed by atoms with E-state index < -0.39 is 11.7 Å². The summed E-state index contributed by atoms with van der Waals surface area (Å²) in [6, 6.07) is 4.01. The molecule has 1 aromatic carbocycles. The van der Waals surface area contributed by atoms with Crippen molar-refractivity contribution < 1.29 is 17.9 Å². The Morgan fingerprint density at radius 2 is 1.91 bits per heavy atom. The minimum Gasteiger partial charge on any atom is -0.378 e. The normalized spacial score (nSPS) is 16.4. The van der Waals surface area contributed by atoms with Crippen LogP contribution in [0.1, 0.15) is 25.0 Å². The number of rotatable bonds is 5. The molecule has 0 saturated carbocycles. The molecule has 3 nitrogen and oxygen atoms in total. The average Bonchev–Trinajstić information content (AvgIpc) is 2.47. The van der Waals surface area contributed by atoms with E-state index in [1.54, 1.807) is 6.07 Å². The highest BCUT2D eigenvalue weighted by Crippen LogP contribution is 2.33. The van der Waals surface area contributed by atoms with Crippen LogP contribution in [0.3, 0.4) is 0 Å². The summed E-state index contributed by atoms with van der Waals surface area (Å²) in [7, 11) is 0. The third-order valence-corrected chi connectivity index (χ3v) is 3.63. The molecule has 124 valence electrons. The highest BCUT2D eigenvalue weighted by atomic mass is 19.4. The lowest BCUT2D eigenvalue weighted by Gasteiger charge is -2.31. The Hall–Kier alpha value is -1.27. The molecule has 0 bridgehead atoms. The highest BCUT2D eigenvalue weighted by Gasteiger charge is 2.31. The Balaban J connectivity index is 2.22. The molecule has 1 fully saturated rings. The smallest absolute Gasteiger partial charge is 0.378 e. The maximum Gasteiger partial charge on any atom is 0.416 e. The fourth-order valence-electron chi connectivity index (χ4n) is 2.48. The second-order valence-electron chi connectivity index (χ2n) is 5.97. The van der Waals surface area contributed by atoms with Crippen LogP contribution in [0.25, 0.3) is 0 Å². The highest BCUT2D eigenvalue weighted by molar-refractivity contribution is 5.56. The Kier molecular flexibility index (Phi) is 5.69. The Labute approximate surface area is 129 Å². The van der Waals surface area contributed by atoms with E-state index in [-0.39, 0.29) is 0 Å². The van der Waals surface area contributed by atoms with Gasteiger partial charge in [0.25, 0.3) is 0 Å². The fraction of sp³-hybridized carbons (Fsp3) is 0.625. The van der Waals surface area contributed by atoms with Gasteiger partial charge in [0.2, 0.25) is 0 Å². The molecule has 1 N–H and O–H groups in total. The molecule has 1 aliphatic rings. The van der Waals surface area contributed by atoms with E-state index in [9.17, 15) is 13.2 Å². The number of benzene rings is 1. The van der Waals surface area contributed by atoms with Crippen molar-refractivity contribution in [3.8, 4) is 0 Å². The second-order valence-corrected chi connectivity index (χ2v) is 5.97. The number of alkyl halides is 3. The molecule has 1 heterocycles. The van der Waals surface area contributed by atoms with Gasteiger partial charge >= 0.3 is 6.18 Å². The van der Waals surface area contributed by atoms with Gasteiger partial charge in [0.15, 0.2) is 0 Å². The van der Waals surface area contributed by atoms with Crippen molar-refractivity contribution in [1.29, 1.82) is 0 Å². The molecule has 22 heavy (non-hydrogen) atoms. The lowest BCUT2D eigenvalue weighted by molar-refractivity contribution is -0.137. The summed E-state index contributed by atoms with van der Waals surface area (Å²) >= 11 is 0. The Morgan fingerprint density at radius 3 is 2.50 bits per heavy atom. The van der Waals surface area contributed by atoms with Crippen molar-refractivity contribution >= 4 is 5.69 Å². The predicted molar refractivity (Wildman–Crippen MR) is 81.0 cm³/mol. The first-order valence-corrected chi connectivity index (χ1v) is 7.61. The van der Waals surface area contributed by atoms with Crippen LogP contribution in [0.5, 0.6) is 0 Å². The minimum absolute atomic E-state index is 0.501. The molecule has 6 heteroatoms. The number of anilines is 1. The van der Waals surface area contributed by atoms with Crippen molar-refractivity contribution in [3.63, 3.8) is 0 Å². The quantitative estimate of drug-likeness (QED) is 0.902. The van der Waals surface area contributed by atoms with E-state index in [2.05, 4.69) is 19.2 Å². The second kappa shape index (κ2) is 7.33. The van der Waals surface area contributed by atoms with E-state index in [0.717, 1.165) is 18.2 Å². The van der Waals surface area contributed by atoms with Crippen molar-refractivity contribution in [2.45, 2.75) is 26.6 Å². The molecule has 0 spiro atoms. The van der Waals surface area contributed by atoms with Crippen molar-refractivity contribution in [2.24, 2.45) is 5.92 Å². The lowest BCUT2D eigenvalue weighted by atomic mass is 10.1. The first-order chi connectivity index (χ1) is 10.4. The lowest BCUT2D eigenvalue weighted by Crippen LogP contribution is -2.37. The Morgan fingerprint density at radius 1 is 1.23 bits per heavy atom. The molecular weight excluding hydrogens is 293 g/mol. The summed E-state index contributed by atoms with van der Waals surface area (Å²) < 4.78 is 44.2. The van der Waals surface area contributed by atoms with Gasteiger partial charge in [0, 0.05) is 25.3 Å². The predicted octanol–water partition coefficient (Wildman–Crippen LogP) is 3.29. The van der Waals surface area contributed by atoms with E-state index in [1.165, 1.54) is 6.07 Å². The van der Waals surface area contributed by atoms with E-state index in [1.807, 2.05) is 4.90 Å². The molecule has 1 saturated heterocycles. The van der Waals surface area contributed by atoms with Gasteiger partial charge in [-0.3, -0.25) is 0 Å². The molecule has 0 radical (unpaired) electrons. The van der Waals surface area contributed by atoms with Crippen LogP contribution in [0.2, 0.25) is 0 Å². The summed E-state index contributed by atoms with van der Waals surface area (Å²) in [5.41, 5.74) is 0.964. The average molecular weight is 316 g/mol. The zero-order chi connectivity index (χ0) is 16.2. The van der Waals surface area contributed by atoms with Crippen molar-refractivity contribution in [2.75, 3.05) is 37.7 Å². The molecule has 0 aliphatic carbocycles. The summed E-state index contributed by atoms with van der Waals surface area (Å²) in [5.74, 6) is 0.501. The summed E-state index contributed by atoms with van der Waals surface area (Å²) in [6.07, 6.45) is -4.31. The van der Waals surface area contributed by atoms with Crippen LogP contribution in [0.4, 0.5) is 18.9 Å². The summed E-state index contributed by atoms with van der Waals surface area (Å²) in [5, 5.41) is 3.30. The van der Waals surface area contributed by atoms with Crippen molar-refractivity contribution in [3.05, 3.63) is 29.3 Å². The number of halogens is 3. The standard InChI is InChI=1S/C16H23F3N2O/c1-12(2)10-20-11-13-3-4-14(16(17,18)19)9-15(13)21-5-7-22-8-6-21/h3-4,9,12,20H,5-8,10-11H2,1-2H3. The van der Waals surface area contributed by atoms with Gasteiger partial charge < -0.3 is 15.0 Å². The monoisotopic (exact) mass is 316 g/mol. The molecule has 1 aromatic rings. The van der Waals surface area contributed by atoms with Crippen LogP contribution >= 0.6 is 0 Å².